The van der Waals surface area contributed by atoms with Gasteiger partial charge in [-0.05, 0) is 42.0 Å². The lowest BCUT2D eigenvalue weighted by Crippen LogP contribution is -2.43. The van der Waals surface area contributed by atoms with Gasteiger partial charge in [-0.3, -0.25) is 4.79 Å². The summed E-state index contributed by atoms with van der Waals surface area (Å²) in [7, 11) is 0. The maximum Gasteiger partial charge on any atom is 0.314 e. The van der Waals surface area contributed by atoms with Crippen molar-refractivity contribution in [1.29, 1.82) is 0 Å². The van der Waals surface area contributed by atoms with Crippen LogP contribution < -0.4 is 9.47 Å². The molecule has 4 nitrogen and oxygen atoms in total. The number of hydrogen-bond donors (Lipinski definition) is 1. The van der Waals surface area contributed by atoms with E-state index in [0.29, 0.717) is 18.6 Å². The normalized spacial score (nSPS) is 19.3. The second-order valence-corrected chi connectivity index (χ2v) is 5.69. The van der Waals surface area contributed by atoms with Crippen molar-refractivity contribution in [3.8, 4) is 11.5 Å². The topological polar surface area (TPSA) is 55.8 Å². The Bertz CT molecular complexity index is 529. The fraction of sp³-hybridized carbons (Fsp3) is 0.533. The van der Waals surface area contributed by atoms with Crippen LogP contribution in [0.25, 0.3) is 0 Å². The average molecular weight is 262 g/mol. The first-order valence-corrected chi connectivity index (χ1v) is 6.72. The van der Waals surface area contributed by atoms with E-state index >= 15 is 0 Å². The molecule has 0 atom stereocenters. The lowest BCUT2D eigenvalue weighted by Gasteiger charge is -2.40. The van der Waals surface area contributed by atoms with Crippen molar-refractivity contribution in [3.05, 3.63) is 23.3 Å². The monoisotopic (exact) mass is 262 g/mol. The van der Waals surface area contributed by atoms with Crippen molar-refractivity contribution in [2.75, 3.05) is 6.79 Å². The third kappa shape index (κ3) is 1.70. The molecule has 4 heteroatoms. The molecule has 1 aliphatic carbocycles. The second-order valence-electron chi connectivity index (χ2n) is 5.69. The summed E-state index contributed by atoms with van der Waals surface area (Å²) in [4.78, 5) is 11.7. The average Bonchev–Trinajstić information content (AvgIpc) is 2.72. The number of ether oxygens (including phenoxy) is 2. The van der Waals surface area contributed by atoms with E-state index in [0.717, 1.165) is 23.3 Å². The van der Waals surface area contributed by atoms with E-state index in [4.69, 9.17) is 9.47 Å². The van der Waals surface area contributed by atoms with E-state index in [-0.39, 0.29) is 12.7 Å². The predicted octanol–water partition coefficient (Wildman–Crippen LogP) is 3.05. The van der Waals surface area contributed by atoms with Crippen LogP contribution in [0.5, 0.6) is 11.5 Å². The highest BCUT2D eigenvalue weighted by Gasteiger charge is 2.48. The van der Waals surface area contributed by atoms with Crippen LogP contribution in [0, 0.1) is 0 Å². The van der Waals surface area contributed by atoms with Gasteiger partial charge < -0.3 is 14.6 Å². The van der Waals surface area contributed by atoms with Crippen molar-refractivity contribution in [1.82, 2.24) is 0 Å². The number of aliphatic carboxylic acids is 1. The van der Waals surface area contributed by atoms with Crippen LogP contribution in [0.15, 0.2) is 12.1 Å². The van der Waals surface area contributed by atoms with Gasteiger partial charge in [-0.25, -0.2) is 0 Å². The van der Waals surface area contributed by atoms with Crippen molar-refractivity contribution >= 4 is 5.97 Å². The van der Waals surface area contributed by atoms with Gasteiger partial charge in [0.1, 0.15) is 0 Å². The predicted molar refractivity (Wildman–Crippen MR) is 69.8 cm³/mol. The molecule has 0 spiro atoms. The molecule has 102 valence electrons. The molecule has 1 aromatic carbocycles. The molecule has 1 fully saturated rings. The summed E-state index contributed by atoms with van der Waals surface area (Å²) in [6.07, 6.45) is 2.39. The SMILES string of the molecule is CC(C)c1cc2c(cc1C1(C(=O)O)CCC1)OCO2. The summed E-state index contributed by atoms with van der Waals surface area (Å²) < 4.78 is 10.8. The molecule has 0 amide bonds. The zero-order valence-electron chi connectivity index (χ0n) is 11.2. The molecule has 19 heavy (non-hydrogen) atoms. The van der Waals surface area contributed by atoms with Crippen LogP contribution >= 0.6 is 0 Å². The van der Waals surface area contributed by atoms with Gasteiger partial charge in [0.05, 0.1) is 5.41 Å². The first-order valence-electron chi connectivity index (χ1n) is 6.72. The summed E-state index contributed by atoms with van der Waals surface area (Å²) >= 11 is 0. The minimum Gasteiger partial charge on any atom is -0.481 e. The van der Waals surface area contributed by atoms with Gasteiger partial charge in [0.2, 0.25) is 6.79 Å². The number of benzene rings is 1. The highest BCUT2D eigenvalue weighted by atomic mass is 16.7. The molecular weight excluding hydrogens is 244 g/mol. The fourth-order valence-corrected chi connectivity index (χ4v) is 2.98. The maximum atomic E-state index is 11.7. The van der Waals surface area contributed by atoms with Crippen LogP contribution in [0.2, 0.25) is 0 Å². The highest BCUT2D eigenvalue weighted by Crippen LogP contribution is 2.49. The number of carbonyl (C=O) groups is 1. The van der Waals surface area contributed by atoms with E-state index in [1.165, 1.54) is 0 Å². The van der Waals surface area contributed by atoms with Crippen LogP contribution in [0.4, 0.5) is 0 Å². The van der Waals surface area contributed by atoms with Gasteiger partial charge >= 0.3 is 5.97 Å². The Balaban J connectivity index is 2.16. The molecular formula is C15H18O4. The Morgan fingerprint density at radius 1 is 1.26 bits per heavy atom. The van der Waals surface area contributed by atoms with E-state index < -0.39 is 11.4 Å². The second kappa shape index (κ2) is 4.15. The van der Waals surface area contributed by atoms with Crippen molar-refractivity contribution in [2.45, 2.75) is 44.4 Å². The number of fused-ring (bicyclic) bond motifs is 1. The third-order valence-electron chi connectivity index (χ3n) is 4.30. The van der Waals surface area contributed by atoms with Gasteiger partial charge in [-0.15, -0.1) is 0 Å². The number of carboxylic acids is 1. The third-order valence-corrected chi connectivity index (χ3v) is 4.30. The van der Waals surface area contributed by atoms with Gasteiger partial charge in [-0.1, -0.05) is 20.3 Å². The van der Waals surface area contributed by atoms with Crippen LogP contribution in [0.3, 0.4) is 0 Å². The highest BCUT2D eigenvalue weighted by molar-refractivity contribution is 5.83. The molecule has 0 unspecified atom stereocenters. The van der Waals surface area contributed by atoms with Crippen LogP contribution in [-0.4, -0.2) is 17.9 Å². The van der Waals surface area contributed by atoms with Crippen LogP contribution in [0.1, 0.15) is 50.2 Å². The molecule has 1 N–H and O–H groups in total. The van der Waals surface area contributed by atoms with Gasteiger partial charge in [-0.2, -0.15) is 0 Å². The molecule has 2 aliphatic rings. The minimum atomic E-state index is -0.723. The Morgan fingerprint density at radius 2 is 1.89 bits per heavy atom. The Labute approximate surface area is 112 Å². The first-order chi connectivity index (χ1) is 9.04. The zero-order chi connectivity index (χ0) is 13.6. The maximum absolute atomic E-state index is 11.7. The summed E-state index contributed by atoms with van der Waals surface area (Å²) in [6.45, 7) is 4.38. The van der Waals surface area contributed by atoms with Crippen molar-refractivity contribution < 1.29 is 19.4 Å². The summed E-state index contributed by atoms with van der Waals surface area (Å²) in [6, 6.07) is 3.83. The van der Waals surface area contributed by atoms with Gasteiger partial charge in [0, 0.05) is 0 Å². The van der Waals surface area contributed by atoms with Crippen molar-refractivity contribution in [3.63, 3.8) is 0 Å². The molecule has 1 heterocycles. The largest absolute Gasteiger partial charge is 0.481 e. The Kier molecular flexibility index (Phi) is 2.69. The quantitative estimate of drug-likeness (QED) is 0.909. The fourth-order valence-electron chi connectivity index (χ4n) is 2.98. The van der Waals surface area contributed by atoms with E-state index in [2.05, 4.69) is 13.8 Å². The molecule has 0 saturated heterocycles. The Morgan fingerprint density at radius 3 is 2.37 bits per heavy atom. The van der Waals surface area contributed by atoms with Crippen molar-refractivity contribution in [2.24, 2.45) is 0 Å². The Hall–Kier alpha value is -1.71. The molecule has 3 rings (SSSR count). The smallest absolute Gasteiger partial charge is 0.314 e. The summed E-state index contributed by atoms with van der Waals surface area (Å²) in [5, 5.41) is 9.62. The molecule has 0 bridgehead atoms. The minimum absolute atomic E-state index is 0.219. The molecule has 0 aromatic heterocycles. The molecule has 1 aliphatic heterocycles. The summed E-state index contributed by atoms with van der Waals surface area (Å²) in [5.74, 6) is 0.945. The zero-order valence-corrected chi connectivity index (χ0v) is 11.2. The summed E-state index contributed by atoms with van der Waals surface area (Å²) in [5.41, 5.74) is 1.25. The first kappa shape index (κ1) is 12.3. The molecule has 0 radical (unpaired) electrons. The number of hydrogen-bond acceptors (Lipinski definition) is 3. The molecule has 1 aromatic rings. The van der Waals surface area contributed by atoms with E-state index in [9.17, 15) is 9.90 Å². The lowest BCUT2D eigenvalue weighted by molar-refractivity contribution is -0.147. The van der Waals surface area contributed by atoms with Gasteiger partial charge in [0.25, 0.3) is 0 Å². The standard InChI is InChI=1S/C15H18O4/c1-9(2)10-6-12-13(19-8-18-12)7-11(10)15(14(16)17)4-3-5-15/h6-7,9H,3-5,8H2,1-2H3,(H,16,17). The number of rotatable bonds is 3. The van der Waals surface area contributed by atoms with E-state index in [1.807, 2.05) is 12.1 Å². The van der Waals surface area contributed by atoms with E-state index in [1.54, 1.807) is 0 Å². The number of carboxylic acid groups (broad SMARTS) is 1. The van der Waals surface area contributed by atoms with Crippen LogP contribution in [-0.2, 0) is 10.2 Å². The van der Waals surface area contributed by atoms with Gasteiger partial charge in [0.15, 0.2) is 11.5 Å². The lowest BCUT2D eigenvalue weighted by atomic mass is 9.62. The molecule has 1 saturated carbocycles.